The van der Waals surface area contributed by atoms with E-state index in [9.17, 15) is 0 Å². The summed E-state index contributed by atoms with van der Waals surface area (Å²) >= 11 is 7.42. The van der Waals surface area contributed by atoms with E-state index in [1.807, 2.05) is 11.8 Å². The number of ether oxygens (including phenoxy) is 1. The van der Waals surface area contributed by atoms with Crippen LogP contribution in [0.3, 0.4) is 0 Å². The molecule has 3 atom stereocenters. The standard InChI is InChI=1S/C14H20BrNOS2/c1-9-6-11(19-13(9)15)12(16)10-2-4-17-14(7-10)3-5-18-8-14/h6,10,12H,2-5,7-8,16H2,1H3. The van der Waals surface area contributed by atoms with Crippen LogP contribution in [0.15, 0.2) is 9.85 Å². The van der Waals surface area contributed by atoms with Crippen molar-refractivity contribution in [3.8, 4) is 0 Å². The highest BCUT2D eigenvalue weighted by molar-refractivity contribution is 9.11. The van der Waals surface area contributed by atoms with Crippen LogP contribution in [0.2, 0.25) is 0 Å². The molecule has 0 bridgehead atoms. The zero-order valence-electron chi connectivity index (χ0n) is 11.2. The van der Waals surface area contributed by atoms with Crippen molar-refractivity contribution >= 4 is 39.0 Å². The SMILES string of the molecule is Cc1cc(C(N)C2CCOC3(CCSC3)C2)sc1Br. The molecule has 2 aliphatic rings. The molecular weight excluding hydrogens is 342 g/mol. The fourth-order valence-corrected chi connectivity index (χ4v) is 6.16. The molecule has 5 heteroatoms. The number of thiophene rings is 1. The summed E-state index contributed by atoms with van der Waals surface area (Å²) in [5, 5.41) is 0. The summed E-state index contributed by atoms with van der Waals surface area (Å²) in [5.41, 5.74) is 7.96. The van der Waals surface area contributed by atoms with E-state index in [0.29, 0.717) is 5.92 Å². The van der Waals surface area contributed by atoms with Gasteiger partial charge in [0.15, 0.2) is 0 Å². The fraction of sp³-hybridized carbons (Fsp3) is 0.714. The minimum Gasteiger partial charge on any atom is -0.374 e. The lowest BCUT2D eigenvalue weighted by molar-refractivity contribution is -0.0832. The third-order valence-corrected chi connectivity index (χ3v) is 7.77. The molecule has 2 N–H and O–H groups in total. The number of hydrogen-bond acceptors (Lipinski definition) is 4. The predicted molar refractivity (Wildman–Crippen MR) is 87.0 cm³/mol. The van der Waals surface area contributed by atoms with Gasteiger partial charge in [-0.15, -0.1) is 11.3 Å². The number of hydrogen-bond donors (Lipinski definition) is 1. The highest BCUT2D eigenvalue weighted by Gasteiger charge is 2.42. The summed E-state index contributed by atoms with van der Waals surface area (Å²) in [6.07, 6.45) is 3.44. The Bertz CT molecular complexity index is 437. The molecule has 106 valence electrons. The van der Waals surface area contributed by atoms with Gasteiger partial charge in [-0.25, -0.2) is 0 Å². The second-order valence-electron chi connectivity index (χ2n) is 5.72. The van der Waals surface area contributed by atoms with E-state index >= 15 is 0 Å². The highest BCUT2D eigenvalue weighted by atomic mass is 79.9. The summed E-state index contributed by atoms with van der Waals surface area (Å²) in [6, 6.07) is 2.41. The van der Waals surface area contributed by atoms with Gasteiger partial charge in [0.1, 0.15) is 0 Å². The van der Waals surface area contributed by atoms with Crippen molar-refractivity contribution in [2.24, 2.45) is 11.7 Å². The molecule has 0 aliphatic carbocycles. The van der Waals surface area contributed by atoms with Gasteiger partial charge in [0.05, 0.1) is 9.39 Å². The maximum absolute atomic E-state index is 6.53. The number of rotatable bonds is 2. The third kappa shape index (κ3) is 2.91. The number of aryl methyl sites for hydroxylation is 1. The van der Waals surface area contributed by atoms with Crippen LogP contribution in [0.1, 0.15) is 35.7 Å². The van der Waals surface area contributed by atoms with Crippen molar-refractivity contribution in [3.63, 3.8) is 0 Å². The Balaban J connectivity index is 1.74. The van der Waals surface area contributed by atoms with Gasteiger partial charge in [0.2, 0.25) is 0 Å². The van der Waals surface area contributed by atoms with Crippen molar-refractivity contribution in [1.82, 2.24) is 0 Å². The van der Waals surface area contributed by atoms with Crippen LogP contribution in [0.25, 0.3) is 0 Å². The molecular formula is C14H20BrNOS2. The summed E-state index contributed by atoms with van der Waals surface area (Å²) in [6.45, 7) is 3.01. The quantitative estimate of drug-likeness (QED) is 0.860. The van der Waals surface area contributed by atoms with Crippen molar-refractivity contribution in [1.29, 1.82) is 0 Å². The summed E-state index contributed by atoms with van der Waals surface area (Å²) in [5.74, 6) is 2.96. The molecule has 3 heterocycles. The molecule has 3 unspecified atom stereocenters. The van der Waals surface area contributed by atoms with Gasteiger partial charge in [-0.2, -0.15) is 11.8 Å². The Morgan fingerprint density at radius 3 is 3.05 bits per heavy atom. The normalized spacial score (nSPS) is 32.9. The molecule has 1 spiro atoms. The van der Waals surface area contributed by atoms with Crippen LogP contribution in [0, 0.1) is 12.8 Å². The first-order valence-electron chi connectivity index (χ1n) is 6.83. The van der Waals surface area contributed by atoms with Gasteiger partial charge in [-0.1, -0.05) is 0 Å². The van der Waals surface area contributed by atoms with Gasteiger partial charge in [-0.3, -0.25) is 0 Å². The molecule has 2 fully saturated rings. The third-order valence-electron chi connectivity index (χ3n) is 4.31. The van der Waals surface area contributed by atoms with Crippen LogP contribution in [-0.4, -0.2) is 23.7 Å². The van der Waals surface area contributed by atoms with E-state index in [1.165, 1.54) is 26.4 Å². The number of thioether (sulfide) groups is 1. The Morgan fingerprint density at radius 1 is 1.58 bits per heavy atom. The largest absolute Gasteiger partial charge is 0.374 e. The molecule has 19 heavy (non-hydrogen) atoms. The zero-order valence-corrected chi connectivity index (χ0v) is 14.4. The Morgan fingerprint density at radius 2 is 2.42 bits per heavy atom. The van der Waals surface area contributed by atoms with Gasteiger partial charge in [0, 0.05) is 23.3 Å². The Hall–Kier alpha value is 0.450. The van der Waals surface area contributed by atoms with Crippen LogP contribution < -0.4 is 5.73 Å². The minimum absolute atomic E-state index is 0.134. The number of nitrogens with two attached hydrogens (primary N) is 1. The van der Waals surface area contributed by atoms with Gasteiger partial charge in [0.25, 0.3) is 0 Å². The van der Waals surface area contributed by atoms with Gasteiger partial charge >= 0.3 is 0 Å². The van der Waals surface area contributed by atoms with E-state index < -0.39 is 0 Å². The van der Waals surface area contributed by atoms with E-state index in [0.717, 1.165) is 25.2 Å². The lowest BCUT2D eigenvalue weighted by atomic mass is 9.81. The average molecular weight is 362 g/mol. The first kappa shape index (κ1) is 14.4. The summed E-state index contributed by atoms with van der Waals surface area (Å²) in [7, 11) is 0. The zero-order chi connectivity index (χ0) is 13.5. The first-order valence-corrected chi connectivity index (χ1v) is 9.59. The average Bonchev–Trinajstić information content (AvgIpc) is 2.97. The number of halogens is 1. The van der Waals surface area contributed by atoms with Gasteiger partial charge in [-0.05, 0) is 65.4 Å². The van der Waals surface area contributed by atoms with E-state index in [-0.39, 0.29) is 11.6 Å². The topological polar surface area (TPSA) is 35.2 Å². The van der Waals surface area contributed by atoms with Crippen LogP contribution in [-0.2, 0) is 4.74 Å². The van der Waals surface area contributed by atoms with E-state index in [1.54, 1.807) is 11.3 Å². The summed E-state index contributed by atoms with van der Waals surface area (Å²) in [4.78, 5) is 1.32. The van der Waals surface area contributed by atoms with Crippen molar-refractivity contribution in [3.05, 3.63) is 20.3 Å². The maximum Gasteiger partial charge on any atom is 0.0783 e. The van der Waals surface area contributed by atoms with Crippen LogP contribution >= 0.6 is 39.0 Å². The monoisotopic (exact) mass is 361 g/mol. The predicted octanol–water partition coefficient (Wildman–Crippen LogP) is 4.12. The minimum atomic E-state index is 0.134. The second kappa shape index (κ2) is 5.68. The highest BCUT2D eigenvalue weighted by Crippen LogP contribution is 2.44. The van der Waals surface area contributed by atoms with Crippen molar-refractivity contribution in [2.75, 3.05) is 18.1 Å². The second-order valence-corrected chi connectivity index (χ2v) is 9.23. The smallest absolute Gasteiger partial charge is 0.0783 e. The van der Waals surface area contributed by atoms with E-state index in [4.69, 9.17) is 10.5 Å². The van der Waals surface area contributed by atoms with Crippen molar-refractivity contribution in [2.45, 2.75) is 37.8 Å². The Labute approximate surface area is 131 Å². The molecule has 2 saturated heterocycles. The van der Waals surface area contributed by atoms with E-state index in [2.05, 4.69) is 28.9 Å². The molecule has 1 aromatic rings. The molecule has 0 radical (unpaired) electrons. The molecule has 2 nitrogen and oxygen atoms in total. The van der Waals surface area contributed by atoms with Crippen LogP contribution in [0.4, 0.5) is 0 Å². The fourth-order valence-electron chi connectivity index (χ4n) is 3.12. The molecule has 3 rings (SSSR count). The summed E-state index contributed by atoms with van der Waals surface area (Å²) < 4.78 is 7.31. The van der Waals surface area contributed by atoms with Crippen molar-refractivity contribution < 1.29 is 4.74 Å². The molecule has 0 aromatic carbocycles. The Kier molecular flexibility index (Phi) is 4.30. The maximum atomic E-state index is 6.53. The lowest BCUT2D eigenvalue weighted by Gasteiger charge is -2.39. The van der Waals surface area contributed by atoms with Crippen LogP contribution in [0.5, 0.6) is 0 Å². The molecule has 0 saturated carbocycles. The lowest BCUT2D eigenvalue weighted by Crippen LogP contribution is -2.42. The van der Waals surface area contributed by atoms with Gasteiger partial charge < -0.3 is 10.5 Å². The molecule has 0 amide bonds. The first-order chi connectivity index (χ1) is 9.10. The molecule has 2 aliphatic heterocycles. The molecule has 1 aromatic heterocycles.